The second-order valence-electron chi connectivity index (χ2n) is 6.76. The number of benzene rings is 2. The summed E-state index contributed by atoms with van der Waals surface area (Å²) in [6.45, 7) is 4.80. The van der Waals surface area contributed by atoms with E-state index >= 15 is 0 Å². The van der Waals surface area contributed by atoms with Gasteiger partial charge in [-0.15, -0.1) is 0 Å². The fraction of sp³-hybridized carbons (Fsp3) is 0.381. The Labute approximate surface area is 164 Å². The summed E-state index contributed by atoms with van der Waals surface area (Å²) < 4.78 is 18.4. The molecule has 28 heavy (non-hydrogen) atoms. The van der Waals surface area contributed by atoms with Crippen molar-refractivity contribution in [1.29, 1.82) is 0 Å². The van der Waals surface area contributed by atoms with Crippen molar-refractivity contribution in [3.05, 3.63) is 54.3 Å². The van der Waals surface area contributed by atoms with Gasteiger partial charge in [-0.1, -0.05) is 12.1 Å². The first-order valence-electron chi connectivity index (χ1n) is 9.45. The first kappa shape index (κ1) is 19.9. The summed E-state index contributed by atoms with van der Waals surface area (Å²) in [6.07, 6.45) is -0.244. The first-order valence-corrected chi connectivity index (χ1v) is 9.45. The predicted molar refractivity (Wildman–Crippen MR) is 108 cm³/mol. The minimum absolute atomic E-state index is 0.222. The van der Waals surface area contributed by atoms with Crippen molar-refractivity contribution in [3.63, 3.8) is 0 Å². The molecule has 7 heteroatoms. The molecule has 0 unspecified atom stereocenters. The standard InChI is InChI=1S/C21H26FN3O3/c1-28-20-6-3-2-5-19(20)25(21(26)27)12-4-11-23-13-15-24(16-14-23)18-9-7-17(22)8-10-18/h2-3,5-10H,4,11-16H2,1H3,(H,26,27). The number of hydrogen-bond acceptors (Lipinski definition) is 4. The van der Waals surface area contributed by atoms with Gasteiger partial charge in [0.05, 0.1) is 12.8 Å². The van der Waals surface area contributed by atoms with E-state index in [1.54, 1.807) is 19.2 Å². The molecule has 0 radical (unpaired) electrons. The topological polar surface area (TPSA) is 56.2 Å². The summed E-state index contributed by atoms with van der Waals surface area (Å²) in [5.41, 5.74) is 1.60. The van der Waals surface area contributed by atoms with Gasteiger partial charge in [0.25, 0.3) is 0 Å². The lowest BCUT2D eigenvalue weighted by Crippen LogP contribution is -2.47. The molecule has 2 aromatic carbocycles. The summed E-state index contributed by atoms with van der Waals surface area (Å²) >= 11 is 0. The van der Waals surface area contributed by atoms with Crippen LogP contribution < -0.4 is 14.5 Å². The van der Waals surface area contributed by atoms with E-state index in [4.69, 9.17) is 4.74 Å². The van der Waals surface area contributed by atoms with E-state index in [-0.39, 0.29) is 5.82 Å². The van der Waals surface area contributed by atoms with Gasteiger partial charge in [0.1, 0.15) is 11.6 Å². The van der Waals surface area contributed by atoms with Gasteiger partial charge in [-0.2, -0.15) is 0 Å². The summed E-state index contributed by atoms with van der Waals surface area (Å²) in [6, 6.07) is 13.7. The summed E-state index contributed by atoms with van der Waals surface area (Å²) in [7, 11) is 1.54. The van der Waals surface area contributed by atoms with Gasteiger partial charge in [0.2, 0.25) is 0 Å². The minimum Gasteiger partial charge on any atom is -0.495 e. The van der Waals surface area contributed by atoms with Crippen LogP contribution in [0.15, 0.2) is 48.5 Å². The van der Waals surface area contributed by atoms with E-state index in [9.17, 15) is 14.3 Å². The molecule has 1 saturated heterocycles. The van der Waals surface area contributed by atoms with E-state index in [2.05, 4.69) is 9.80 Å². The van der Waals surface area contributed by atoms with Gasteiger partial charge in [-0.25, -0.2) is 9.18 Å². The molecule has 2 aromatic rings. The summed E-state index contributed by atoms with van der Waals surface area (Å²) in [5, 5.41) is 9.59. The largest absolute Gasteiger partial charge is 0.495 e. The van der Waals surface area contributed by atoms with Gasteiger partial charge >= 0.3 is 6.09 Å². The number of nitrogens with zero attached hydrogens (tertiary/aromatic N) is 3. The number of carbonyl (C=O) groups is 1. The minimum atomic E-state index is -0.981. The lowest BCUT2D eigenvalue weighted by Gasteiger charge is -2.36. The van der Waals surface area contributed by atoms with Crippen molar-refractivity contribution in [2.75, 3.05) is 56.2 Å². The molecule has 0 aromatic heterocycles. The molecular weight excluding hydrogens is 361 g/mol. The van der Waals surface area contributed by atoms with Crippen LogP contribution in [0.2, 0.25) is 0 Å². The van der Waals surface area contributed by atoms with E-state index in [0.717, 1.165) is 44.8 Å². The highest BCUT2D eigenvalue weighted by Crippen LogP contribution is 2.28. The molecule has 0 saturated carbocycles. The first-order chi connectivity index (χ1) is 13.6. The van der Waals surface area contributed by atoms with E-state index < -0.39 is 6.09 Å². The Bertz CT molecular complexity index is 777. The normalized spacial score (nSPS) is 14.7. The maximum absolute atomic E-state index is 13.1. The van der Waals surface area contributed by atoms with Crippen LogP contribution in [0.3, 0.4) is 0 Å². The fourth-order valence-electron chi connectivity index (χ4n) is 3.51. The van der Waals surface area contributed by atoms with Crippen LogP contribution in [0.1, 0.15) is 6.42 Å². The van der Waals surface area contributed by atoms with Gasteiger partial charge in [-0.05, 0) is 49.4 Å². The van der Waals surface area contributed by atoms with E-state index in [1.165, 1.54) is 17.0 Å². The monoisotopic (exact) mass is 387 g/mol. The maximum atomic E-state index is 13.1. The van der Waals surface area contributed by atoms with Crippen LogP contribution in [-0.4, -0.2) is 62.5 Å². The van der Waals surface area contributed by atoms with Crippen LogP contribution in [0.4, 0.5) is 20.6 Å². The molecule has 1 aliphatic heterocycles. The molecule has 0 aliphatic carbocycles. The van der Waals surface area contributed by atoms with Crippen molar-refractivity contribution >= 4 is 17.5 Å². The second-order valence-corrected chi connectivity index (χ2v) is 6.76. The third-order valence-electron chi connectivity index (χ3n) is 5.03. The number of hydrogen-bond donors (Lipinski definition) is 1. The number of ether oxygens (including phenoxy) is 1. The number of piperazine rings is 1. The number of methoxy groups -OCH3 is 1. The molecule has 3 rings (SSSR count). The molecule has 0 atom stereocenters. The molecule has 1 aliphatic rings. The predicted octanol–water partition coefficient (Wildman–Crippen LogP) is 3.53. The number of carboxylic acid groups (broad SMARTS) is 1. The van der Waals surface area contributed by atoms with Crippen molar-refractivity contribution in [1.82, 2.24) is 4.90 Å². The summed E-state index contributed by atoms with van der Waals surface area (Å²) in [4.78, 5) is 17.6. The van der Waals surface area contributed by atoms with Gasteiger partial charge < -0.3 is 14.7 Å². The Hall–Kier alpha value is -2.80. The Morgan fingerprint density at radius 2 is 1.79 bits per heavy atom. The molecule has 6 nitrogen and oxygen atoms in total. The second kappa shape index (κ2) is 9.41. The molecule has 1 amide bonds. The average Bonchev–Trinajstić information content (AvgIpc) is 2.72. The zero-order valence-electron chi connectivity index (χ0n) is 16.1. The van der Waals surface area contributed by atoms with Gasteiger partial charge in [0, 0.05) is 38.4 Å². The highest BCUT2D eigenvalue weighted by atomic mass is 19.1. The van der Waals surface area contributed by atoms with Crippen LogP contribution in [0.5, 0.6) is 5.75 Å². The number of para-hydroxylation sites is 2. The Morgan fingerprint density at radius 3 is 2.43 bits per heavy atom. The van der Waals surface area contributed by atoms with E-state index in [1.807, 2.05) is 24.3 Å². The maximum Gasteiger partial charge on any atom is 0.411 e. The number of amides is 1. The zero-order chi connectivity index (χ0) is 19.9. The van der Waals surface area contributed by atoms with Crippen molar-refractivity contribution < 1.29 is 19.0 Å². The van der Waals surface area contributed by atoms with Crippen LogP contribution in [0.25, 0.3) is 0 Å². The van der Waals surface area contributed by atoms with Gasteiger partial charge in [-0.3, -0.25) is 9.80 Å². The van der Waals surface area contributed by atoms with Crippen LogP contribution >= 0.6 is 0 Å². The number of anilines is 2. The van der Waals surface area contributed by atoms with Crippen LogP contribution in [0, 0.1) is 5.82 Å². The molecule has 0 bridgehead atoms. The molecule has 0 spiro atoms. The zero-order valence-corrected chi connectivity index (χ0v) is 16.1. The number of halogens is 1. The smallest absolute Gasteiger partial charge is 0.411 e. The third kappa shape index (κ3) is 4.92. The quantitative estimate of drug-likeness (QED) is 0.788. The molecule has 1 N–H and O–H groups in total. The SMILES string of the molecule is COc1ccccc1N(CCCN1CCN(c2ccc(F)cc2)CC1)C(=O)O. The fourth-order valence-corrected chi connectivity index (χ4v) is 3.51. The molecule has 150 valence electrons. The third-order valence-corrected chi connectivity index (χ3v) is 5.03. The van der Waals surface area contributed by atoms with Crippen molar-refractivity contribution in [2.24, 2.45) is 0 Å². The average molecular weight is 387 g/mol. The van der Waals surface area contributed by atoms with E-state index in [0.29, 0.717) is 18.0 Å². The summed E-state index contributed by atoms with van der Waals surface area (Å²) in [5.74, 6) is 0.332. The number of rotatable bonds is 7. The lowest BCUT2D eigenvalue weighted by atomic mass is 10.2. The van der Waals surface area contributed by atoms with Crippen LogP contribution in [-0.2, 0) is 0 Å². The molecular formula is C21H26FN3O3. The van der Waals surface area contributed by atoms with Crippen molar-refractivity contribution in [3.8, 4) is 5.75 Å². The van der Waals surface area contributed by atoms with Gasteiger partial charge in [0.15, 0.2) is 0 Å². The highest BCUT2D eigenvalue weighted by Gasteiger charge is 2.20. The highest BCUT2D eigenvalue weighted by molar-refractivity contribution is 5.88. The Morgan fingerprint density at radius 1 is 1.11 bits per heavy atom. The lowest BCUT2D eigenvalue weighted by molar-refractivity contribution is 0.200. The Kier molecular flexibility index (Phi) is 6.71. The Balaban J connectivity index is 1.49. The van der Waals surface area contributed by atoms with Crippen molar-refractivity contribution in [2.45, 2.75) is 6.42 Å². The molecule has 1 fully saturated rings. The molecule has 1 heterocycles.